The Labute approximate surface area is 114 Å². The fraction of sp³-hybridized carbons (Fsp3) is 0.467. The van der Waals surface area contributed by atoms with Crippen molar-refractivity contribution in [2.75, 3.05) is 13.6 Å². The Hall–Kier alpha value is -1.68. The van der Waals surface area contributed by atoms with Crippen molar-refractivity contribution in [2.24, 2.45) is 4.99 Å². The van der Waals surface area contributed by atoms with E-state index < -0.39 is 5.97 Å². The van der Waals surface area contributed by atoms with Crippen molar-refractivity contribution in [2.45, 2.75) is 32.2 Å². The topological polar surface area (TPSA) is 61.7 Å². The zero-order valence-electron chi connectivity index (χ0n) is 11.6. The first-order valence-corrected chi connectivity index (χ1v) is 6.53. The quantitative estimate of drug-likeness (QED) is 0.706. The molecule has 1 atom stereocenters. The second-order valence-electron chi connectivity index (χ2n) is 4.66. The average molecular weight is 262 g/mol. The third kappa shape index (κ3) is 6.72. The summed E-state index contributed by atoms with van der Waals surface area (Å²) in [5, 5.41) is 12.2. The van der Waals surface area contributed by atoms with E-state index in [1.54, 1.807) is 7.05 Å². The Bertz CT molecular complexity index is 415. The molecule has 0 fully saturated rings. The van der Waals surface area contributed by atoms with Crippen LogP contribution in [0.5, 0.6) is 0 Å². The fourth-order valence-electron chi connectivity index (χ4n) is 1.84. The van der Waals surface area contributed by atoms with Gasteiger partial charge in [-0.3, -0.25) is 9.79 Å². The molecule has 0 aliphatic rings. The highest BCUT2D eigenvalue weighted by Crippen LogP contribution is 2.07. The van der Waals surface area contributed by atoms with Crippen molar-refractivity contribution >= 4 is 11.7 Å². The number of hydrogen-bond donors (Lipinski definition) is 2. The van der Waals surface area contributed by atoms with Gasteiger partial charge in [-0.25, -0.2) is 0 Å². The monoisotopic (exact) mass is 262 g/mol. The maximum Gasteiger partial charge on any atom is 0.303 e. The smallest absolute Gasteiger partial charge is 0.303 e. The number of carboxylic acid groups (broad SMARTS) is 1. The Kier molecular flexibility index (Phi) is 6.82. The van der Waals surface area contributed by atoms with Crippen LogP contribution >= 0.6 is 0 Å². The van der Waals surface area contributed by atoms with Gasteiger partial charge in [0.2, 0.25) is 0 Å². The van der Waals surface area contributed by atoms with Crippen LogP contribution in [0.3, 0.4) is 0 Å². The van der Waals surface area contributed by atoms with Crippen LogP contribution in [0.2, 0.25) is 0 Å². The summed E-state index contributed by atoms with van der Waals surface area (Å²) in [6.07, 6.45) is 1.65. The number of nitrogens with one attached hydrogen (secondary N) is 1. The van der Waals surface area contributed by atoms with E-state index in [9.17, 15) is 4.79 Å². The lowest BCUT2D eigenvalue weighted by molar-refractivity contribution is -0.137. The van der Waals surface area contributed by atoms with Crippen molar-refractivity contribution in [3.05, 3.63) is 35.9 Å². The molecule has 0 radical (unpaired) electrons. The highest BCUT2D eigenvalue weighted by molar-refractivity contribution is 5.83. The van der Waals surface area contributed by atoms with Gasteiger partial charge in [0.15, 0.2) is 0 Å². The summed E-state index contributed by atoms with van der Waals surface area (Å²) in [7, 11) is 1.76. The van der Waals surface area contributed by atoms with Gasteiger partial charge in [-0.05, 0) is 25.3 Å². The van der Waals surface area contributed by atoms with Crippen LogP contribution in [0, 0.1) is 0 Å². The minimum Gasteiger partial charge on any atom is -0.481 e. The minimum absolute atomic E-state index is 0.162. The van der Waals surface area contributed by atoms with Crippen molar-refractivity contribution < 1.29 is 9.90 Å². The van der Waals surface area contributed by atoms with Crippen LogP contribution in [0.15, 0.2) is 35.3 Å². The summed E-state index contributed by atoms with van der Waals surface area (Å²) in [5.74, 6) is -0.749. The Balaban J connectivity index is 2.55. The molecule has 0 bridgehead atoms. The number of aliphatic imine (C=N–C) groups is 1. The maximum absolute atomic E-state index is 10.7. The summed E-state index contributed by atoms with van der Waals surface area (Å²) >= 11 is 0. The molecule has 0 heterocycles. The van der Waals surface area contributed by atoms with E-state index in [0.717, 1.165) is 12.1 Å². The number of nitrogens with zero attached hydrogens (tertiary/aromatic N) is 1. The maximum atomic E-state index is 10.7. The number of benzene rings is 1. The third-order valence-electron chi connectivity index (χ3n) is 3.06. The Morgan fingerprint density at radius 3 is 2.63 bits per heavy atom. The van der Waals surface area contributed by atoms with E-state index in [4.69, 9.17) is 5.11 Å². The molecule has 1 aromatic carbocycles. The standard InChI is InChI=1S/C15H22N2O2/c1-12(16-2)11-17-14(8-9-15(18)19)10-13-6-4-3-5-7-13/h3-7,14,17H,8-11H2,1-2H3,(H,18,19). The van der Waals surface area contributed by atoms with Crippen LogP contribution in [0.1, 0.15) is 25.3 Å². The molecule has 1 rings (SSSR count). The number of rotatable bonds is 8. The molecule has 1 aromatic rings. The van der Waals surface area contributed by atoms with Crippen molar-refractivity contribution in [3.8, 4) is 0 Å². The number of carbonyl (C=O) groups is 1. The predicted molar refractivity (Wildman–Crippen MR) is 77.8 cm³/mol. The second kappa shape index (κ2) is 8.43. The van der Waals surface area contributed by atoms with E-state index >= 15 is 0 Å². The van der Waals surface area contributed by atoms with Crippen LogP contribution in [0.25, 0.3) is 0 Å². The minimum atomic E-state index is -0.749. The van der Waals surface area contributed by atoms with E-state index in [1.165, 1.54) is 5.56 Å². The highest BCUT2D eigenvalue weighted by Gasteiger charge is 2.11. The van der Waals surface area contributed by atoms with Gasteiger partial charge in [0.05, 0.1) is 0 Å². The van der Waals surface area contributed by atoms with Crippen LogP contribution in [-0.2, 0) is 11.2 Å². The van der Waals surface area contributed by atoms with Crippen molar-refractivity contribution in [3.63, 3.8) is 0 Å². The summed E-state index contributed by atoms with van der Waals surface area (Å²) in [6.45, 7) is 2.66. The lowest BCUT2D eigenvalue weighted by Gasteiger charge is -2.18. The molecule has 4 nitrogen and oxygen atoms in total. The van der Waals surface area contributed by atoms with Gasteiger partial charge in [0, 0.05) is 31.8 Å². The van der Waals surface area contributed by atoms with Crippen molar-refractivity contribution in [1.29, 1.82) is 0 Å². The Morgan fingerprint density at radius 1 is 1.37 bits per heavy atom. The van der Waals surface area contributed by atoms with Crippen LogP contribution in [-0.4, -0.2) is 36.4 Å². The molecule has 0 spiro atoms. The van der Waals surface area contributed by atoms with Gasteiger partial charge in [-0.15, -0.1) is 0 Å². The molecule has 0 aliphatic heterocycles. The van der Waals surface area contributed by atoms with Gasteiger partial charge in [0.25, 0.3) is 0 Å². The number of hydrogen-bond acceptors (Lipinski definition) is 3. The number of aliphatic carboxylic acids is 1. The SMILES string of the molecule is CN=C(C)CNC(CCC(=O)O)Cc1ccccc1. The molecule has 19 heavy (non-hydrogen) atoms. The first kappa shape index (κ1) is 15.4. The molecule has 0 saturated heterocycles. The van der Waals surface area contributed by atoms with Gasteiger partial charge in [-0.1, -0.05) is 30.3 Å². The van der Waals surface area contributed by atoms with E-state index in [1.807, 2.05) is 25.1 Å². The van der Waals surface area contributed by atoms with E-state index in [0.29, 0.717) is 13.0 Å². The zero-order chi connectivity index (χ0) is 14.1. The van der Waals surface area contributed by atoms with Gasteiger partial charge >= 0.3 is 5.97 Å². The average Bonchev–Trinajstić information content (AvgIpc) is 2.42. The number of carboxylic acids is 1. The van der Waals surface area contributed by atoms with Crippen LogP contribution in [0.4, 0.5) is 0 Å². The van der Waals surface area contributed by atoms with Gasteiger partial charge < -0.3 is 10.4 Å². The summed E-state index contributed by atoms with van der Waals surface area (Å²) in [5.41, 5.74) is 2.24. The van der Waals surface area contributed by atoms with E-state index in [-0.39, 0.29) is 12.5 Å². The molecule has 0 amide bonds. The molecule has 1 unspecified atom stereocenters. The normalized spacial score (nSPS) is 13.3. The molecular formula is C15H22N2O2. The molecular weight excluding hydrogens is 240 g/mol. The summed E-state index contributed by atoms with van der Waals surface area (Å²) in [4.78, 5) is 14.8. The third-order valence-corrected chi connectivity index (χ3v) is 3.06. The van der Waals surface area contributed by atoms with Crippen molar-refractivity contribution in [1.82, 2.24) is 5.32 Å². The summed E-state index contributed by atoms with van der Waals surface area (Å²) in [6, 6.07) is 10.3. The van der Waals surface area contributed by atoms with Crippen LogP contribution < -0.4 is 5.32 Å². The second-order valence-corrected chi connectivity index (χ2v) is 4.66. The fourth-order valence-corrected chi connectivity index (χ4v) is 1.84. The largest absolute Gasteiger partial charge is 0.481 e. The first-order valence-electron chi connectivity index (χ1n) is 6.53. The predicted octanol–water partition coefficient (Wildman–Crippen LogP) is 2.14. The Morgan fingerprint density at radius 2 is 2.05 bits per heavy atom. The molecule has 0 saturated carbocycles. The summed E-state index contributed by atoms with van der Waals surface area (Å²) < 4.78 is 0. The molecule has 4 heteroatoms. The lowest BCUT2D eigenvalue weighted by atomic mass is 10.0. The van der Waals surface area contributed by atoms with E-state index in [2.05, 4.69) is 22.4 Å². The van der Waals surface area contributed by atoms with Gasteiger partial charge in [0.1, 0.15) is 0 Å². The zero-order valence-corrected chi connectivity index (χ0v) is 11.6. The molecule has 0 aliphatic carbocycles. The first-order chi connectivity index (χ1) is 9.11. The van der Waals surface area contributed by atoms with Gasteiger partial charge in [-0.2, -0.15) is 0 Å². The highest BCUT2D eigenvalue weighted by atomic mass is 16.4. The molecule has 0 aromatic heterocycles. The lowest BCUT2D eigenvalue weighted by Crippen LogP contribution is -2.35. The molecule has 104 valence electrons. The molecule has 2 N–H and O–H groups in total.